The molecule has 1 aromatic carbocycles. The number of hydrogen-bond acceptors (Lipinski definition) is 3. The average molecular weight is 354 g/mol. The van der Waals surface area contributed by atoms with Crippen LogP contribution in [-0.4, -0.2) is 40.0 Å². The molecule has 1 aliphatic heterocycles. The third-order valence-electron chi connectivity index (χ3n) is 5.17. The van der Waals surface area contributed by atoms with Gasteiger partial charge in [-0.1, -0.05) is 12.1 Å². The number of benzene rings is 1. The molecule has 0 unspecified atom stereocenters. The van der Waals surface area contributed by atoms with Crippen molar-refractivity contribution in [2.45, 2.75) is 39.7 Å². The van der Waals surface area contributed by atoms with E-state index in [2.05, 4.69) is 15.5 Å². The summed E-state index contributed by atoms with van der Waals surface area (Å²) in [5.41, 5.74) is 3.87. The Labute approximate surface area is 154 Å². The molecule has 0 spiro atoms. The number of carbonyl (C=O) groups excluding carboxylic acids is 2. The number of nitrogens with zero attached hydrogens (tertiary/aromatic N) is 2. The lowest BCUT2D eigenvalue weighted by Crippen LogP contribution is -2.37. The fourth-order valence-electron chi connectivity index (χ4n) is 3.41. The normalized spacial score (nSPS) is 15.1. The van der Waals surface area contributed by atoms with Crippen molar-refractivity contribution in [3.8, 4) is 0 Å². The zero-order chi connectivity index (χ0) is 18.5. The quantitative estimate of drug-likeness (QED) is 0.866. The molecule has 0 atom stereocenters. The van der Waals surface area contributed by atoms with Crippen LogP contribution in [0.15, 0.2) is 30.5 Å². The van der Waals surface area contributed by atoms with Gasteiger partial charge in [0.25, 0.3) is 5.91 Å². The van der Waals surface area contributed by atoms with Crippen molar-refractivity contribution in [2.75, 3.05) is 13.1 Å². The number of piperidine rings is 1. The van der Waals surface area contributed by atoms with Crippen molar-refractivity contribution in [1.82, 2.24) is 20.4 Å². The number of aryl methyl sites for hydroxylation is 1. The Morgan fingerprint density at radius 2 is 1.92 bits per heavy atom. The Kier molecular flexibility index (Phi) is 5.71. The van der Waals surface area contributed by atoms with Gasteiger partial charge in [0.2, 0.25) is 5.91 Å². The lowest BCUT2D eigenvalue weighted by molar-refractivity contribution is -0.130. The topological polar surface area (TPSA) is 78.1 Å². The van der Waals surface area contributed by atoms with Gasteiger partial charge in [-0.3, -0.25) is 14.7 Å². The molecule has 1 aliphatic rings. The van der Waals surface area contributed by atoms with Crippen LogP contribution in [-0.2, 0) is 17.8 Å². The highest BCUT2D eigenvalue weighted by molar-refractivity contribution is 5.94. The van der Waals surface area contributed by atoms with Crippen molar-refractivity contribution < 1.29 is 9.59 Å². The Bertz CT molecular complexity index is 758. The van der Waals surface area contributed by atoms with Crippen LogP contribution in [0.25, 0.3) is 0 Å². The molecule has 0 radical (unpaired) electrons. The Balaban J connectivity index is 1.49. The van der Waals surface area contributed by atoms with Crippen LogP contribution < -0.4 is 5.32 Å². The minimum Gasteiger partial charge on any atom is -0.348 e. The van der Waals surface area contributed by atoms with Gasteiger partial charge in [0.15, 0.2) is 0 Å². The van der Waals surface area contributed by atoms with E-state index >= 15 is 0 Å². The zero-order valence-electron chi connectivity index (χ0n) is 15.4. The van der Waals surface area contributed by atoms with Gasteiger partial charge in [0.1, 0.15) is 0 Å². The predicted molar refractivity (Wildman–Crippen MR) is 99.6 cm³/mol. The molecule has 3 rings (SSSR count). The molecule has 6 heteroatoms. The van der Waals surface area contributed by atoms with Crippen LogP contribution in [0.3, 0.4) is 0 Å². The molecule has 2 amide bonds. The van der Waals surface area contributed by atoms with E-state index in [1.165, 1.54) is 5.56 Å². The van der Waals surface area contributed by atoms with E-state index in [1.807, 2.05) is 36.1 Å². The number of H-pyrrole nitrogens is 1. The Hall–Kier alpha value is -2.63. The molecule has 26 heavy (non-hydrogen) atoms. The fraction of sp³-hybridized carbons (Fsp3) is 0.450. The number of nitrogens with one attached hydrogen (secondary N) is 2. The molecule has 0 saturated carbocycles. The van der Waals surface area contributed by atoms with E-state index in [4.69, 9.17) is 0 Å². The largest absolute Gasteiger partial charge is 0.348 e. The summed E-state index contributed by atoms with van der Waals surface area (Å²) >= 11 is 0. The number of carbonyl (C=O) groups is 2. The van der Waals surface area contributed by atoms with Crippen LogP contribution in [0, 0.1) is 12.8 Å². The molecule has 0 aliphatic carbocycles. The highest BCUT2D eigenvalue weighted by Gasteiger charge is 2.20. The second-order valence-electron chi connectivity index (χ2n) is 7.05. The first-order valence-electron chi connectivity index (χ1n) is 9.14. The summed E-state index contributed by atoms with van der Waals surface area (Å²) in [6.45, 7) is 5.75. The van der Waals surface area contributed by atoms with Gasteiger partial charge in [-0.05, 0) is 49.8 Å². The van der Waals surface area contributed by atoms with E-state index in [1.54, 1.807) is 13.1 Å². The van der Waals surface area contributed by atoms with Crippen LogP contribution in [0.1, 0.15) is 46.9 Å². The first-order valence-corrected chi connectivity index (χ1v) is 9.14. The minimum absolute atomic E-state index is 0.0769. The Morgan fingerprint density at radius 1 is 1.23 bits per heavy atom. The van der Waals surface area contributed by atoms with E-state index in [0.29, 0.717) is 18.0 Å². The summed E-state index contributed by atoms with van der Waals surface area (Å²) in [7, 11) is 0. The minimum atomic E-state index is -0.0769. The standard InChI is InChI=1S/C20H26N4O2/c1-14-19(13-22-23-14)12-21-20(26)18-5-3-16(4-6-18)11-17-7-9-24(10-8-17)15(2)25/h3-6,13,17H,7-12H2,1-2H3,(H,21,26)(H,22,23). The van der Waals surface area contributed by atoms with Gasteiger partial charge in [-0.15, -0.1) is 0 Å². The summed E-state index contributed by atoms with van der Waals surface area (Å²) in [5.74, 6) is 0.700. The van der Waals surface area contributed by atoms with E-state index in [9.17, 15) is 9.59 Å². The molecule has 1 fully saturated rings. The maximum atomic E-state index is 12.3. The molecule has 1 saturated heterocycles. The monoisotopic (exact) mass is 354 g/mol. The fourth-order valence-corrected chi connectivity index (χ4v) is 3.41. The third kappa shape index (κ3) is 4.50. The molecule has 138 valence electrons. The summed E-state index contributed by atoms with van der Waals surface area (Å²) in [6.07, 6.45) is 4.83. The maximum absolute atomic E-state index is 12.3. The van der Waals surface area contributed by atoms with Crippen LogP contribution >= 0.6 is 0 Å². The number of aromatic nitrogens is 2. The van der Waals surface area contributed by atoms with Crippen LogP contribution in [0.4, 0.5) is 0 Å². The lowest BCUT2D eigenvalue weighted by atomic mass is 9.90. The maximum Gasteiger partial charge on any atom is 0.251 e. The van der Waals surface area contributed by atoms with Gasteiger partial charge in [-0.2, -0.15) is 5.10 Å². The zero-order valence-corrected chi connectivity index (χ0v) is 15.4. The SMILES string of the molecule is CC(=O)N1CCC(Cc2ccc(C(=O)NCc3cn[nH]c3C)cc2)CC1. The van der Waals surface area contributed by atoms with Gasteiger partial charge in [0.05, 0.1) is 6.20 Å². The number of hydrogen-bond donors (Lipinski definition) is 2. The molecular weight excluding hydrogens is 328 g/mol. The van der Waals surface area contributed by atoms with Crippen molar-refractivity contribution in [1.29, 1.82) is 0 Å². The summed E-state index contributed by atoms with van der Waals surface area (Å²) in [4.78, 5) is 25.6. The molecular formula is C20H26N4O2. The second kappa shape index (κ2) is 8.17. The summed E-state index contributed by atoms with van der Waals surface area (Å²) in [6, 6.07) is 7.85. The third-order valence-corrected chi connectivity index (χ3v) is 5.17. The molecule has 2 heterocycles. The van der Waals surface area contributed by atoms with Gasteiger partial charge in [0, 0.05) is 43.4 Å². The average Bonchev–Trinajstić information content (AvgIpc) is 3.06. The van der Waals surface area contributed by atoms with Crippen molar-refractivity contribution in [3.05, 3.63) is 52.8 Å². The summed E-state index contributed by atoms with van der Waals surface area (Å²) < 4.78 is 0. The number of likely N-dealkylation sites (tertiary alicyclic amines) is 1. The van der Waals surface area contributed by atoms with Crippen molar-refractivity contribution >= 4 is 11.8 Å². The number of amides is 2. The van der Waals surface area contributed by atoms with Gasteiger partial charge in [-0.25, -0.2) is 0 Å². The highest BCUT2D eigenvalue weighted by atomic mass is 16.2. The molecule has 2 aromatic rings. The molecule has 6 nitrogen and oxygen atoms in total. The molecule has 1 aromatic heterocycles. The highest BCUT2D eigenvalue weighted by Crippen LogP contribution is 2.22. The lowest BCUT2D eigenvalue weighted by Gasteiger charge is -2.31. The first-order chi connectivity index (χ1) is 12.5. The van der Waals surface area contributed by atoms with Crippen LogP contribution in [0.2, 0.25) is 0 Å². The van der Waals surface area contributed by atoms with Crippen molar-refractivity contribution in [3.63, 3.8) is 0 Å². The summed E-state index contributed by atoms with van der Waals surface area (Å²) in [5, 5.41) is 9.74. The Morgan fingerprint density at radius 3 is 2.50 bits per heavy atom. The molecule has 0 bridgehead atoms. The van der Waals surface area contributed by atoms with E-state index < -0.39 is 0 Å². The van der Waals surface area contributed by atoms with Crippen molar-refractivity contribution in [2.24, 2.45) is 5.92 Å². The number of rotatable bonds is 5. The molecule has 2 N–H and O–H groups in total. The van der Waals surface area contributed by atoms with E-state index in [-0.39, 0.29) is 11.8 Å². The smallest absolute Gasteiger partial charge is 0.251 e. The van der Waals surface area contributed by atoms with E-state index in [0.717, 1.165) is 43.6 Å². The van der Waals surface area contributed by atoms with Crippen LogP contribution in [0.5, 0.6) is 0 Å². The first kappa shape index (κ1) is 18.2. The van der Waals surface area contributed by atoms with Gasteiger partial charge >= 0.3 is 0 Å². The number of aromatic amines is 1. The second-order valence-corrected chi connectivity index (χ2v) is 7.05. The predicted octanol–water partition coefficient (Wildman–Crippen LogP) is 2.45. The van der Waals surface area contributed by atoms with Gasteiger partial charge < -0.3 is 10.2 Å².